The highest BCUT2D eigenvalue weighted by molar-refractivity contribution is 5.31. The van der Waals surface area contributed by atoms with Crippen molar-refractivity contribution in [1.29, 1.82) is 0 Å². The predicted octanol–water partition coefficient (Wildman–Crippen LogP) is 2.66. The van der Waals surface area contributed by atoms with E-state index in [0.29, 0.717) is 18.3 Å². The van der Waals surface area contributed by atoms with Gasteiger partial charge < -0.3 is 15.2 Å². The maximum absolute atomic E-state index is 8.89. The molecule has 4 nitrogen and oxygen atoms in total. The lowest BCUT2D eigenvalue weighted by Gasteiger charge is -2.07. The lowest BCUT2D eigenvalue weighted by Crippen LogP contribution is -2.15. The summed E-state index contributed by atoms with van der Waals surface area (Å²) >= 11 is 0. The van der Waals surface area contributed by atoms with Gasteiger partial charge in [0.05, 0.1) is 0 Å². The van der Waals surface area contributed by atoms with Crippen LogP contribution in [0.25, 0.3) is 0 Å². The van der Waals surface area contributed by atoms with Crippen LogP contribution in [0.2, 0.25) is 0 Å². The molecule has 4 heteroatoms. The van der Waals surface area contributed by atoms with Crippen LogP contribution in [0.4, 0.5) is 0 Å². The molecule has 2 aromatic rings. The van der Waals surface area contributed by atoms with Gasteiger partial charge in [0.25, 0.3) is 0 Å². The molecule has 1 heterocycles. The Bertz CT molecular complexity index is 562. The second-order valence-electron chi connectivity index (χ2n) is 5.38. The molecule has 0 atom stereocenters. The minimum absolute atomic E-state index is 0.165. The average molecular weight is 284 g/mol. The fourth-order valence-electron chi connectivity index (χ4n) is 2.10. The Morgan fingerprint density at radius 3 is 2.48 bits per heavy atom. The smallest absolute Gasteiger partial charge is 0.219 e. The monoisotopic (exact) mass is 284 g/mol. The summed E-state index contributed by atoms with van der Waals surface area (Å²) in [6.45, 7) is 1.03. The Hall–Kier alpha value is -1.91. The molecule has 0 radical (unpaired) electrons. The van der Waals surface area contributed by atoms with Crippen molar-refractivity contribution in [1.82, 2.24) is 10.3 Å². The van der Waals surface area contributed by atoms with Crippen molar-refractivity contribution in [2.75, 3.05) is 6.61 Å². The Morgan fingerprint density at radius 2 is 1.86 bits per heavy atom. The number of aliphatic hydroxyl groups excluding tert-OH is 1. The van der Waals surface area contributed by atoms with Crippen LogP contribution < -0.4 is 10.1 Å². The zero-order valence-electron chi connectivity index (χ0n) is 12.0. The van der Waals surface area contributed by atoms with E-state index in [0.717, 1.165) is 17.9 Å². The van der Waals surface area contributed by atoms with Gasteiger partial charge in [-0.2, -0.15) is 0 Å². The number of pyridine rings is 1. The SMILES string of the molecule is OCCc1ccc(Oc2ccc(CNC3CC3)cn2)cc1. The van der Waals surface area contributed by atoms with Crippen molar-refractivity contribution < 1.29 is 9.84 Å². The van der Waals surface area contributed by atoms with Crippen LogP contribution in [0, 0.1) is 0 Å². The van der Waals surface area contributed by atoms with Crippen LogP contribution in [0.3, 0.4) is 0 Å². The van der Waals surface area contributed by atoms with Crippen molar-refractivity contribution in [3.63, 3.8) is 0 Å². The first-order valence-electron chi connectivity index (χ1n) is 7.39. The normalized spacial score (nSPS) is 14.1. The van der Waals surface area contributed by atoms with Crippen molar-refractivity contribution >= 4 is 0 Å². The van der Waals surface area contributed by atoms with Gasteiger partial charge in [0.1, 0.15) is 5.75 Å². The minimum Gasteiger partial charge on any atom is -0.439 e. The van der Waals surface area contributed by atoms with Gasteiger partial charge in [-0.15, -0.1) is 0 Å². The van der Waals surface area contributed by atoms with E-state index in [1.165, 1.54) is 18.4 Å². The molecule has 1 aromatic heterocycles. The van der Waals surface area contributed by atoms with E-state index >= 15 is 0 Å². The Morgan fingerprint density at radius 1 is 1.10 bits per heavy atom. The third-order valence-electron chi connectivity index (χ3n) is 3.52. The molecule has 1 saturated carbocycles. The molecule has 3 rings (SSSR count). The number of ether oxygens (including phenoxy) is 1. The number of aliphatic hydroxyl groups is 1. The van der Waals surface area contributed by atoms with Gasteiger partial charge in [0, 0.05) is 31.5 Å². The largest absolute Gasteiger partial charge is 0.439 e. The summed E-state index contributed by atoms with van der Waals surface area (Å²) in [7, 11) is 0. The molecular weight excluding hydrogens is 264 g/mol. The Kier molecular flexibility index (Phi) is 4.48. The molecule has 110 valence electrons. The fraction of sp³-hybridized carbons (Fsp3) is 0.353. The van der Waals surface area contributed by atoms with Crippen LogP contribution in [-0.2, 0) is 13.0 Å². The number of aromatic nitrogens is 1. The van der Waals surface area contributed by atoms with Crippen LogP contribution >= 0.6 is 0 Å². The number of benzene rings is 1. The van der Waals surface area contributed by atoms with E-state index in [1.54, 1.807) is 0 Å². The van der Waals surface area contributed by atoms with Crippen LogP contribution in [-0.4, -0.2) is 22.7 Å². The van der Waals surface area contributed by atoms with E-state index in [4.69, 9.17) is 9.84 Å². The molecule has 1 aliphatic carbocycles. The summed E-state index contributed by atoms with van der Waals surface area (Å²) in [6.07, 6.45) is 5.11. The Balaban J connectivity index is 1.56. The number of hydrogen-bond donors (Lipinski definition) is 2. The third-order valence-corrected chi connectivity index (χ3v) is 3.52. The standard InChI is InChI=1S/C17H20N2O2/c20-10-9-13-1-6-16(7-2-13)21-17-8-3-14(12-19-17)11-18-15-4-5-15/h1-3,6-8,12,15,18,20H,4-5,9-11H2. The van der Waals surface area contributed by atoms with Gasteiger partial charge in [0.15, 0.2) is 0 Å². The third kappa shape index (κ3) is 4.28. The number of nitrogens with zero attached hydrogens (tertiary/aromatic N) is 1. The molecule has 21 heavy (non-hydrogen) atoms. The summed E-state index contributed by atoms with van der Waals surface area (Å²) in [5.74, 6) is 1.35. The predicted molar refractivity (Wildman–Crippen MR) is 81.4 cm³/mol. The van der Waals surface area contributed by atoms with Crippen LogP contribution in [0.5, 0.6) is 11.6 Å². The second-order valence-corrected chi connectivity index (χ2v) is 5.38. The highest BCUT2D eigenvalue weighted by Crippen LogP contribution is 2.21. The lowest BCUT2D eigenvalue weighted by atomic mass is 10.1. The topological polar surface area (TPSA) is 54.4 Å². The number of rotatable bonds is 7. The van der Waals surface area contributed by atoms with Crippen molar-refractivity contribution in [3.05, 3.63) is 53.7 Å². The van der Waals surface area contributed by atoms with Crippen molar-refractivity contribution in [2.45, 2.75) is 31.8 Å². The molecule has 2 N–H and O–H groups in total. The quantitative estimate of drug-likeness (QED) is 0.820. The first-order chi connectivity index (χ1) is 10.3. The highest BCUT2D eigenvalue weighted by atomic mass is 16.5. The molecule has 0 bridgehead atoms. The number of hydrogen-bond acceptors (Lipinski definition) is 4. The van der Waals surface area contributed by atoms with E-state index < -0.39 is 0 Å². The summed E-state index contributed by atoms with van der Waals surface area (Å²) in [5.41, 5.74) is 2.27. The minimum atomic E-state index is 0.165. The molecule has 1 aromatic carbocycles. The molecule has 1 aliphatic rings. The zero-order valence-corrected chi connectivity index (χ0v) is 12.0. The maximum Gasteiger partial charge on any atom is 0.219 e. The van der Waals surface area contributed by atoms with Gasteiger partial charge >= 0.3 is 0 Å². The molecule has 0 amide bonds. The summed E-state index contributed by atoms with van der Waals surface area (Å²) in [6, 6.07) is 12.4. The van der Waals surface area contributed by atoms with Gasteiger partial charge in [0.2, 0.25) is 5.88 Å². The van der Waals surface area contributed by atoms with E-state index in [1.807, 2.05) is 42.6 Å². The first kappa shape index (κ1) is 14.0. The molecule has 1 fully saturated rings. The van der Waals surface area contributed by atoms with Crippen molar-refractivity contribution in [3.8, 4) is 11.6 Å². The van der Waals surface area contributed by atoms with Gasteiger partial charge in [-0.05, 0) is 42.5 Å². The lowest BCUT2D eigenvalue weighted by molar-refractivity contribution is 0.299. The van der Waals surface area contributed by atoms with E-state index in [-0.39, 0.29) is 6.61 Å². The van der Waals surface area contributed by atoms with Crippen LogP contribution in [0.1, 0.15) is 24.0 Å². The first-order valence-corrected chi connectivity index (χ1v) is 7.39. The maximum atomic E-state index is 8.89. The van der Waals surface area contributed by atoms with E-state index in [2.05, 4.69) is 10.3 Å². The van der Waals surface area contributed by atoms with Crippen LogP contribution in [0.15, 0.2) is 42.6 Å². The average Bonchev–Trinajstić information content (AvgIpc) is 3.33. The fourth-order valence-corrected chi connectivity index (χ4v) is 2.10. The summed E-state index contributed by atoms with van der Waals surface area (Å²) < 4.78 is 5.71. The molecular formula is C17H20N2O2. The number of nitrogens with one attached hydrogen (secondary N) is 1. The van der Waals surface area contributed by atoms with E-state index in [9.17, 15) is 0 Å². The molecule has 0 aliphatic heterocycles. The zero-order chi connectivity index (χ0) is 14.5. The van der Waals surface area contributed by atoms with Gasteiger partial charge in [-0.3, -0.25) is 0 Å². The molecule has 0 saturated heterocycles. The van der Waals surface area contributed by atoms with Gasteiger partial charge in [-0.1, -0.05) is 18.2 Å². The highest BCUT2D eigenvalue weighted by Gasteiger charge is 2.19. The van der Waals surface area contributed by atoms with Crippen molar-refractivity contribution in [2.24, 2.45) is 0 Å². The Labute approximate surface area is 124 Å². The summed E-state index contributed by atoms with van der Waals surface area (Å²) in [4.78, 5) is 4.33. The summed E-state index contributed by atoms with van der Waals surface area (Å²) in [5, 5.41) is 12.3. The molecule has 0 unspecified atom stereocenters. The molecule has 0 spiro atoms. The second kappa shape index (κ2) is 6.70. The van der Waals surface area contributed by atoms with Gasteiger partial charge in [-0.25, -0.2) is 4.98 Å².